The number of allylic oxidation sites excluding steroid dienone is 2. The SMILES string of the molecule is CC(C)(C)c1cc(-c2cc(-c3ccccn3)ccn2)[c-]c2ccccc12.CCC(CC)C(=O)/C=C(\O)C(CC)CC.[Ir]. The largest absolute Gasteiger partial charge is 0.512 e. The van der Waals surface area contributed by atoms with E-state index in [2.05, 4.69) is 73.2 Å². The van der Waals surface area contributed by atoms with Crippen molar-refractivity contribution in [3.63, 3.8) is 0 Å². The van der Waals surface area contributed by atoms with Crippen LogP contribution >= 0.6 is 0 Å². The monoisotopic (exact) mass is 742 g/mol. The normalized spacial score (nSPS) is 11.7. The molecule has 0 bridgehead atoms. The number of fused-ring (bicyclic) bond motifs is 1. The van der Waals surface area contributed by atoms with Gasteiger partial charge in [0.1, 0.15) is 0 Å². The predicted octanol–water partition coefficient (Wildman–Crippen LogP) is 9.93. The van der Waals surface area contributed by atoms with Gasteiger partial charge in [-0.3, -0.25) is 14.8 Å². The molecule has 5 heteroatoms. The van der Waals surface area contributed by atoms with Crippen molar-refractivity contribution in [1.82, 2.24) is 9.97 Å². The average molecular weight is 742 g/mol. The van der Waals surface area contributed by atoms with Gasteiger partial charge in [0.05, 0.1) is 11.5 Å². The molecule has 4 rings (SSSR count). The summed E-state index contributed by atoms with van der Waals surface area (Å²) in [5, 5.41) is 12.1. The Morgan fingerprint density at radius 2 is 1.45 bits per heavy atom. The third-order valence-electron chi connectivity index (χ3n) is 7.66. The maximum Gasteiger partial charge on any atom is 0.162 e. The van der Waals surface area contributed by atoms with Crippen molar-refractivity contribution in [3.8, 4) is 22.5 Å². The molecule has 0 saturated heterocycles. The van der Waals surface area contributed by atoms with Crippen LogP contribution in [-0.2, 0) is 30.3 Å². The van der Waals surface area contributed by atoms with Crippen LogP contribution < -0.4 is 0 Å². The number of aliphatic hydroxyl groups is 1. The van der Waals surface area contributed by atoms with Crippen LogP contribution in [0.1, 0.15) is 79.7 Å². The number of rotatable bonds is 9. The molecule has 0 atom stereocenters. The number of ketones is 1. The first-order valence-corrected chi connectivity index (χ1v) is 14.9. The van der Waals surface area contributed by atoms with E-state index in [4.69, 9.17) is 0 Å². The Morgan fingerprint density at radius 3 is 2.05 bits per heavy atom. The first-order chi connectivity index (χ1) is 19.6. The zero-order chi connectivity index (χ0) is 30.0. The molecule has 0 spiro atoms. The van der Waals surface area contributed by atoms with E-state index in [9.17, 15) is 9.90 Å². The summed E-state index contributed by atoms with van der Waals surface area (Å²) in [5.41, 5.74) is 5.31. The molecule has 4 aromatic rings. The fourth-order valence-electron chi connectivity index (χ4n) is 5.04. The zero-order valence-electron chi connectivity index (χ0n) is 26.1. The Balaban J connectivity index is 0.000000334. The van der Waals surface area contributed by atoms with Crippen molar-refractivity contribution in [2.75, 3.05) is 0 Å². The summed E-state index contributed by atoms with van der Waals surface area (Å²) in [6.07, 6.45) is 8.57. The van der Waals surface area contributed by atoms with Gasteiger partial charge in [0, 0.05) is 56.1 Å². The molecule has 0 aliphatic carbocycles. The van der Waals surface area contributed by atoms with Gasteiger partial charge < -0.3 is 5.11 Å². The van der Waals surface area contributed by atoms with Crippen LogP contribution in [0.2, 0.25) is 0 Å². The summed E-state index contributed by atoms with van der Waals surface area (Å²) >= 11 is 0. The van der Waals surface area contributed by atoms with E-state index in [1.807, 2.05) is 64.4 Å². The third-order valence-corrected chi connectivity index (χ3v) is 7.66. The molecule has 225 valence electrons. The summed E-state index contributed by atoms with van der Waals surface area (Å²) in [6, 6.07) is 24.3. The van der Waals surface area contributed by atoms with Crippen LogP contribution in [0.4, 0.5) is 0 Å². The molecule has 1 N–H and O–H groups in total. The Bertz CT molecular complexity index is 1450. The molecule has 2 aromatic heterocycles. The van der Waals surface area contributed by atoms with E-state index in [1.165, 1.54) is 17.0 Å². The summed E-state index contributed by atoms with van der Waals surface area (Å²) in [5.74, 6) is 0.547. The predicted molar refractivity (Wildman–Crippen MR) is 172 cm³/mol. The number of carbonyl (C=O) groups excluding carboxylic acids is 1. The summed E-state index contributed by atoms with van der Waals surface area (Å²) < 4.78 is 0. The number of pyridine rings is 2. The Kier molecular flexibility index (Phi) is 13.8. The molecule has 2 aromatic carbocycles. The Morgan fingerprint density at radius 1 is 0.833 bits per heavy atom. The number of hydrogen-bond donors (Lipinski definition) is 1. The zero-order valence-corrected chi connectivity index (χ0v) is 28.5. The van der Waals surface area contributed by atoms with Gasteiger partial charge in [0.2, 0.25) is 0 Å². The van der Waals surface area contributed by atoms with Crippen molar-refractivity contribution in [1.29, 1.82) is 0 Å². The minimum Gasteiger partial charge on any atom is -0.512 e. The summed E-state index contributed by atoms with van der Waals surface area (Å²) in [7, 11) is 0. The maximum absolute atomic E-state index is 11.7. The van der Waals surface area contributed by atoms with Crippen LogP contribution in [0.3, 0.4) is 0 Å². The summed E-state index contributed by atoms with van der Waals surface area (Å²) in [6.45, 7) is 14.8. The van der Waals surface area contributed by atoms with Crippen LogP contribution in [0.15, 0.2) is 84.9 Å². The Labute approximate surface area is 266 Å². The molecule has 2 heterocycles. The minimum absolute atomic E-state index is 0. The molecule has 0 unspecified atom stereocenters. The van der Waals surface area contributed by atoms with Crippen molar-refractivity contribution >= 4 is 16.6 Å². The fraction of sp³-hybridized carbons (Fsp3) is 0.378. The quantitative estimate of drug-likeness (QED) is 0.105. The molecule has 0 saturated carbocycles. The van der Waals surface area contributed by atoms with Gasteiger partial charge >= 0.3 is 0 Å². The average Bonchev–Trinajstić information content (AvgIpc) is 2.98. The van der Waals surface area contributed by atoms with Crippen molar-refractivity contribution in [2.24, 2.45) is 11.8 Å². The van der Waals surface area contributed by atoms with Gasteiger partial charge in [-0.1, -0.05) is 89.7 Å². The topological polar surface area (TPSA) is 63.1 Å². The molecule has 1 radical (unpaired) electrons. The van der Waals surface area contributed by atoms with Gasteiger partial charge in [0.25, 0.3) is 0 Å². The number of benzene rings is 2. The van der Waals surface area contributed by atoms with E-state index in [0.717, 1.165) is 53.6 Å². The van der Waals surface area contributed by atoms with Crippen molar-refractivity contribution in [2.45, 2.75) is 79.6 Å². The molecule has 4 nitrogen and oxygen atoms in total. The number of nitrogens with zero attached hydrogens (tertiary/aromatic N) is 2. The van der Waals surface area contributed by atoms with Gasteiger partial charge in [-0.15, -0.1) is 29.1 Å². The third kappa shape index (κ3) is 9.18. The molecular weight excluding hydrogens is 697 g/mol. The van der Waals surface area contributed by atoms with E-state index in [0.29, 0.717) is 0 Å². The molecular formula is C37H45IrN2O2-. The van der Waals surface area contributed by atoms with Crippen LogP contribution in [-0.4, -0.2) is 20.9 Å². The molecule has 0 aliphatic heterocycles. The maximum atomic E-state index is 11.7. The second-order valence-corrected chi connectivity index (χ2v) is 11.5. The summed E-state index contributed by atoms with van der Waals surface area (Å²) in [4.78, 5) is 20.8. The first kappa shape index (κ1) is 35.1. The second-order valence-electron chi connectivity index (χ2n) is 11.5. The molecule has 0 aliphatic rings. The standard InChI is InChI=1S/C24H21N2.C13H24O2.Ir/c1-24(2,3)21-15-19(14-17-8-4-5-9-20(17)21)23-16-18(11-13-26-23)22-10-6-7-12-25-22;1-5-10(6-2)12(14)9-13(15)11(7-3)8-4;/h4-13,15-16H,1-3H3;9-11,14H,5-8H2,1-4H3;/q-1;;/b;12-9-;. The van der Waals surface area contributed by atoms with Crippen LogP contribution in [0, 0.1) is 17.9 Å². The van der Waals surface area contributed by atoms with Crippen molar-refractivity contribution < 1.29 is 30.0 Å². The Hall–Kier alpha value is -3.14. The number of aromatic nitrogens is 2. The smallest absolute Gasteiger partial charge is 0.162 e. The van der Waals surface area contributed by atoms with Gasteiger partial charge in [-0.05, 0) is 54.9 Å². The van der Waals surface area contributed by atoms with E-state index >= 15 is 0 Å². The number of aliphatic hydroxyl groups excluding tert-OH is 1. The number of hydrogen-bond acceptors (Lipinski definition) is 4. The van der Waals surface area contributed by atoms with E-state index in [-0.39, 0.29) is 48.9 Å². The first-order valence-electron chi connectivity index (χ1n) is 14.9. The van der Waals surface area contributed by atoms with Crippen LogP contribution in [0.25, 0.3) is 33.3 Å². The van der Waals surface area contributed by atoms with Gasteiger partial charge in [-0.2, -0.15) is 0 Å². The van der Waals surface area contributed by atoms with Gasteiger partial charge in [-0.25, -0.2) is 0 Å². The van der Waals surface area contributed by atoms with Crippen molar-refractivity contribution in [3.05, 3.63) is 96.5 Å². The fourth-order valence-corrected chi connectivity index (χ4v) is 5.04. The van der Waals surface area contributed by atoms with E-state index < -0.39 is 0 Å². The second kappa shape index (κ2) is 16.5. The number of carbonyl (C=O) groups is 1. The minimum atomic E-state index is 0. The molecule has 0 amide bonds. The van der Waals surface area contributed by atoms with Gasteiger partial charge in [0.15, 0.2) is 5.78 Å². The molecule has 0 fully saturated rings. The van der Waals surface area contributed by atoms with Crippen LogP contribution in [0.5, 0.6) is 0 Å². The molecule has 42 heavy (non-hydrogen) atoms. The van der Waals surface area contributed by atoms with E-state index in [1.54, 1.807) is 0 Å².